The van der Waals surface area contributed by atoms with Crippen molar-refractivity contribution in [1.29, 1.82) is 0 Å². The van der Waals surface area contributed by atoms with Crippen LogP contribution in [0.15, 0.2) is 24.3 Å². The van der Waals surface area contributed by atoms with Crippen LogP contribution in [0.25, 0.3) is 11.1 Å². The highest BCUT2D eigenvalue weighted by Crippen LogP contribution is 2.39. The van der Waals surface area contributed by atoms with E-state index in [4.69, 9.17) is 5.73 Å². The van der Waals surface area contributed by atoms with Gasteiger partial charge < -0.3 is 15.4 Å². The molecule has 7 nitrogen and oxygen atoms in total. The fraction of sp³-hybridized carbons (Fsp3) is 0.125. The minimum Gasteiger partial charge on any atom is -0.478 e. The van der Waals surface area contributed by atoms with Gasteiger partial charge in [-0.05, 0) is 5.56 Å². The minimum atomic E-state index is -1.28. The molecule has 0 saturated heterocycles. The van der Waals surface area contributed by atoms with E-state index in [0.29, 0.717) is 5.56 Å². The highest BCUT2D eigenvalue weighted by molar-refractivity contribution is 6.53. The SMILES string of the molecule is Cn1c(CC(N)=O)c(C(=O)O)c2c1C(=O)C(=O)c1ccccc1-2. The molecule has 3 N–H and O–H groups in total. The van der Waals surface area contributed by atoms with Gasteiger partial charge in [-0.1, -0.05) is 24.3 Å². The zero-order chi connectivity index (χ0) is 16.9. The molecule has 0 unspecified atom stereocenters. The zero-order valence-electron chi connectivity index (χ0n) is 12.1. The Morgan fingerprint density at radius 3 is 2.30 bits per heavy atom. The Morgan fingerprint density at radius 2 is 1.74 bits per heavy atom. The first-order valence-electron chi connectivity index (χ1n) is 6.76. The summed E-state index contributed by atoms with van der Waals surface area (Å²) in [5.41, 5.74) is 5.78. The summed E-state index contributed by atoms with van der Waals surface area (Å²) >= 11 is 0. The number of hydrogen-bond donors (Lipinski definition) is 2. The summed E-state index contributed by atoms with van der Waals surface area (Å²) in [6, 6.07) is 6.31. The molecule has 0 bridgehead atoms. The van der Waals surface area contributed by atoms with Crippen molar-refractivity contribution in [1.82, 2.24) is 4.57 Å². The molecule has 1 aliphatic carbocycles. The van der Waals surface area contributed by atoms with E-state index in [2.05, 4.69) is 0 Å². The van der Waals surface area contributed by atoms with Crippen LogP contribution >= 0.6 is 0 Å². The molecule has 0 atom stereocenters. The molecule has 0 saturated carbocycles. The zero-order valence-corrected chi connectivity index (χ0v) is 12.1. The van der Waals surface area contributed by atoms with Crippen molar-refractivity contribution in [2.24, 2.45) is 12.8 Å². The average molecular weight is 312 g/mol. The van der Waals surface area contributed by atoms with Crippen LogP contribution in [0.3, 0.4) is 0 Å². The molecule has 0 aliphatic heterocycles. The number of carboxylic acid groups (broad SMARTS) is 1. The number of aromatic nitrogens is 1. The Bertz CT molecular complexity index is 907. The van der Waals surface area contributed by atoms with Gasteiger partial charge in [-0.3, -0.25) is 14.4 Å². The standard InChI is InChI=1S/C16H12N2O5/c1-18-9(6-10(17)19)12(16(22)23)11-7-4-2-3-5-8(7)14(20)15(21)13(11)18/h2-5H,6H2,1H3,(H2,17,19)(H,22,23). The van der Waals surface area contributed by atoms with Crippen LogP contribution in [0.5, 0.6) is 0 Å². The summed E-state index contributed by atoms with van der Waals surface area (Å²) in [5, 5.41) is 9.56. The molecule has 0 fully saturated rings. The third kappa shape index (κ3) is 1.97. The van der Waals surface area contributed by atoms with E-state index < -0.39 is 23.4 Å². The summed E-state index contributed by atoms with van der Waals surface area (Å²) in [6.45, 7) is 0. The van der Waals surface area contributed by atoms with Crippen molar-refractivity contribution in [3.8, 4) is 11.1 Å². The van der Waals surface area contributed by atoms with E-state index >= 15 is 0 Å². The molecule has 1 aromatic carbocycles. The number of nitrogens with two attached hydrogens (primary N) is 1. The highest BCUT2D eigenvalue weighted by atomic mass is 16.4. The van der Waals surface area contributed by atoms with E-state index in [1.807, 2.05) is 0 Å². The second-order valence-electron chi connectivity index (χ2n) is 5.26. The Labute approximate surface area is 130 Å². The number of carbonyl (C=O) groups excluding carboxylic acids is 3. The van der Waals surface area contributed by atoms with Crippen LogP contribution < -0.4 is 5.73 Å². The summed E-state index contributed by atoms with van der Waals surface area (Å²) in [4.78, 5) is 47.6. The van der Waals surface area contributed by atoms with Crippen molar-refractivity contribution in [2.45, 2.75) is 6.42 Å². The first-order valence-corrected chi connectivity index (χ1v) is 6.76. The van der Waals surface area contributed by atoms with Gasteiger partial charge >= 0.3 is 5.97 Å². The van der Waals surface area contributed by atoms with Crippen LogP contribution in [-0.2, 0) is 18.3 Å². The maximum atomic E-state index is 12.4. The van der Waals surface area contributed by atoms with Gasteiger partial charge in [0.05, 0.1) is 12.0 Å². The number of aromatic carboxylic acids is 1. The van der Waals surface area contributed by atoms with Crippen molar-refractivity contribution in [3.05, 3.63) is 46.8 Å². The molecule has 0 spiro atoms. The smallest absolute Gasteiger partial charge is 0.338 e. The lowest BCUT2D eigenvalue weighted by Gasteiger charge is -2.16. The summed E-state index contributed by atoms with van der Waals surface area (Å²) in [5.74, 6) is -3.50. The molecule has 116 valence electrons. The Morgan fingerprint density at radius 1 is 1.13 bits per heavy atom. The molecular formula is C16H12N2O5. The number of hydrogen-bond acceptors (Lipinski definition) is 4. The van der Waals surface area contributed by atoms with E-state index in [0.717, 1.165) is 0 Å². The van der Waals surface area contributed by atoms with Crippen molar-refractivity contribution in [3.63, 3.8) is 0 Å². The first kappa shape index (κ1) is 14.7. The maximum absolute atomic E-state index is 12.4. The lowest BCUT2D eigenvalue weighted by atomic mass is 9.85. The molecule has 3 rings (SSSR count). The van der Waals surface area contributed by atoms with E-state index in [1.54, 1.807) is 18.2 Å². The molecule has 1 heterocycles. The molecule has 1 amide bonds. The number of primary amides is 1. The monoisotopic (exact) mass is 312 g/mol. The van der Waals surface area contributed by atoms with Crippen molar-refractivity contribution in [2.75, 3.05) is 0 Å². The van der Waals surface area contributed by atoms with Gasteiger partial charge in [-0.2, -0.15) is 0 Å². The highest BCUT2D eigenvalue weighted by Gasteiger charge is 2.38. The van der Waals surface area contributed by atoms with Crippen molar-refractivity contribution >= 4 is 23.4 Å². The molecule has 0 radical (unpaired) electrons. The molecule has 7 heteroatoms. The Kier molecular flexibility index (Phi) is 3.14. The van der Waals surface area contributed by atoms with E-state index in [9.17, 15) is 24.3 Å². The van der Waals surface area contributed by atoms with E-state index in [-0.39, 0.29) is 34.5 Å². The van der Waals surface area contributed by atoms with Gasteiger partial charge in [-0.15, -0.1) is 0 Å². The summed E-state index contributed by atoms with van der Waals surface area (Å²) in [6.07, 6.45) is -0.339. The normalized spacial score (nSPS) is 12.7. The second kappa shape index (κ2) is 4.91. The maximum Gasteiger partial charge on any atom is 0.338 e. The van der Waals surface area contributed by atoms with Gasteiger partial charge in [0, 0.05) is 23.9 Å². The van der Waals surface area contributed by atoms with Crippen molar-refractivity contribution < 1.29 is 24.3 Å². The Hall–Kier alpha value is -3.22. The largest absolute Gasteiger partial charge is 0.478 e. The molecular weight excluding hydrogens is 300 g/mol. The molecule has 23 heavy (non-hydrogen) atoms. The second-order valence-corrected chi connectivity index (χ2v) is 5.26. The average Bonchev–Trinajstić information content (AvgIpc) is 2.78. The van der Waals surface area contributed by atoms with Gasteiger partial charge in [0.25, 0.3) is 5.78 Å². The van der Waals surface area contributed by atoms with Gasteiger partial charge in [0.1, 0.15) is 5.69 Å². The minimum absolute atomic E-state index is 0.0256. The number of fused-ring (bicyclic) bond motifs is 3. The lowest BCUT2D eigenvalue weighted by molar-refractivity contribution is -0.117. The van der Waals surface area contributed by atoms with Gasteiger partial charge in [0.15, 0.2) is 0 Å². The van der Waals surface area contributed by atoms with Crippen LogP contribution in [-0.4, -0.2) is 33.1 Å². The fourth-order valence-corrected chi connectivity index (χ4v) is 2.99. The van der Waals surface area contributed by atoms with E-state index in [1.165, 1.54) is 17.7 Å². The van der Waals surface area contributed by atoms with Gasteiger partial charge in [-0.25, -0.2) is 4.79 Å². The number of carboxylic acids is 1. The number of amides is 1. The molecule has 1 aliphatic rings. The number of nitrogens with zero attached hydrogens (tertiary/aromatic N) is 1. The van der Waals surface area contributed by atoms with Crippen LogP contribution in [0.1, 0.15) is 36.9 Å². The van der Waals surface area contributed by atoms with Crippen LogP contribution in [0.4, 0.5) is 0 Å². The summed E-state index contributed by atoms with van der Waals surface area (Å²) < 4.78 is 1.28. The number of benzene rings is 1. The summed E-state index contributed by atoms with van der Waals surface area (Å²) in [7, 11) is 1.45. The first-order chi connectivity index (χ1) is 10.8. The third-order valence-corrected chi connectivity index (χ3v) is 3.93. The van der Waals surface area contributed by atoms with Crippen LogP contribution in [0.2, 0.25) is 0 Å². The number of Topliss-reactive ketones (excluding diaryl/α,β-unsaturated/α-hetero) is 2. The predicted molar refractivity (Wildman–Crippen MR) is 79.4 cm³/mol. The quantitative estimate of drug-likeness (QED) is 0.812. The number of carbonyl (C=O) groups is 4. The van der Waals surface area contributed by atoms with Gasteiger partial charge in [0.2, 0.25) is 11.7 Å². The third-order valence-electron chi connectivity index (χ3n) is 3.93. The number of ketones is 2. The topological polar surface area (TPSA) is 119 Å². The fourth-order valence-electron chi connectivity index (χ4n) is 2.99. The number of rotatable bonds is 3. The van der Waals surface area contributed by atoms with Crippen LogP contribution in [0, 0.1) is 0 Å². The molecule has 1 aromatic heterocycles. The molecule has 2 aromatic rings. The Balaban J connectivity index is 2.45. The predicted octanol–water partition coefficient (Wildman–Crippen LogP) is 0.797. The lowest BCUT2D eigenvalue weighted by Crippen LogP contribution is -2.24.